The quantitative estimate of drug-likeness (QED) is 0.472. The molecule has 1 aliphatic heterocycles. The Kier molecular flexibility index (Phi) is 8.77. The summed E-state index contributed by atoms with van der Waals surface area (Å²) in [6, 6.07) is 10.2. The van der Waals surface area contributed by atoms with Crippen molar-refractivity contribution in [2.75, 3.05) is 32.2 Å². The van der Waals surface area contributed by atoms with Gasteiger partial charge >= 0.3 is 6.55 Å². The SMILES string of the molecule is C[N+](C)(Cc1ccc(N(C(=O)c2ccc(Cl)c(F)c2)C(F)F)cc1)C1CCOCC1.[Cl-]. The molecule has 0 N–H and O–H groups in total. The molecule has 170 valence electrons. The van der Waals surface area contributed by atoms with Crippen LogP contribution in [-0.4, -0.2) is 50.3 Å². The molecular weight excluding hydrogens is 452 g/mol. The smallest absolute Gasteiger partial charge is 0.321 e. The molecule has 2 aromatic rings. The van der Waals surface area contributed by atoms with Gasteiger partial charge in [0, 0.05) is 29.7 Å². The van der Waals surface area contributed by atoms with Gasteiger partial charge in [-0.3, -0.25) is 9.69 Å². The summed E-state index contributed by atoms with van der Waals surface area (Å²) in [6.45, 7) is -0.836. The molecule has 0 spiro atoms. The average Bonchev–Trinajstić information content (AvgIpc) is 2.71. The third-order valence-corrected chi connectivity index (χ3v) is 5.87. The second-order valence-corrected chi connectivity index (χ2v) is 8.44. The fraction of sp³-hybridized carbons (Fsp3) is 0.409. The Morgan fingerprint density at radius 1 is 1.16 bits per heavy atom. The largest absolute Gasteiger partial charge is 1.00 e. The van der Waals surface area contributed by atoms with Crippen LogP contribution in [0.2, 0.25) is 5.02 Å². The van der Waals surface area contributed by atoms with Gasteiger partial charge in [-0.1, -0.05) is 23.7 Å². The number of alkyl halides is 2. The molecule has 1 amide bonds. The Bertz CT molecular complexity index is 889. The van der Waals surface area contributed by atoms with Crippen LogP contribution < -0.4 is 17.3 Å². The van der Waals surface area contributed by atoms with Gasteiger partial charge in [0.25, 0.3) is 5.91 Å². The lowest BCUT2D eigenvalue weighted by Gasteiger charge is -2.40. The van der Waals surface area contributed by atoms with Gasteiger partial charge in [-0.15, -0.1) is 0 Å². The first kappa shape index (κ1) is 25.5. The van der Waals surface area contributed by atoms with Crippen molar-refractivity contribution in [3.8, 4) is 0 Å². The summed E-state index contributed by atoms with van der Waals surface area (Å²) in [4.78, 5) is 12.9. The standard InChI is InChI=1S/C22H25ClF3N2O2.ClH/c1-28(2,18-9-11-30-12-10-18)14-15-3-6-17(7-4-15)27(22(25)26)21(29)16-5-8-19(23)20(24)13-16;/h3-8,13,18,22H,9-12,14H2,1-2H3;1H/q+1;/p-1. The summed E-state index contributed by atoms with van der Waals surface area (Å²) < 4.78 is 47.2. The number of rotatable bonds is 6. The minimum atomic E-state index is -3.07. The molecule has 1 heterocycles. The van der Waals surface area contributed by atoms with Crippen molar-refractivity contribution in [3.05, 3.63) is 64.4 Å². The maximum atomic E-state index is 13.7. The molecular formula is C22H25Cl2F3N2O2. The summed E-state index contributed by atoms with van der Waals surface area (Å²) in [7, 11) is 4.29. The number of quaternary nitrogens is 1. The van der Waals surface area contributed by atoms with Crippen LogP contribution in [0.3, 0.4) is 0 Å². The Morgan fingerprint density at radius 3 is 2.32 bits per heavy atom. The molecule has 3 rings (SSSR count). The lowest BCUT2D eigenvalue weighted by molar-refractivity contribution is -0.929. The topological polar surface area (TPSA) is 29.5 Å². The van der Waals surface area contributed by atoms with Crippen molar-refractivity contribution < 1.29 is 39.6 Å². The molecule has 0 bridgehead atoms. The van der Waals surface area contributed by atoms with E-state index in [0.29, 0.717) is 10.9 Å². The molecule has 1 aliphatic rings. The molecule has 0 atom stereocenters. The van der Waals surface area contributed by atoms with E-state index < -0.39 is 18.3 Å². The van der Waals surface area contributed by atoms with Crippen molar-refractivity contribution in [2.45, 2.75) is 32.0 Å². The summed E-state index contributed by atoms with van der Waals surface area (Å²) in [5, 5.41) is -0.176. The lowest BCUT2D eigenvalue weighted by atomic mass is 10.0. The molecule has 9 heteroatoms. The number of amides is 1. The van der Waals surface area contributed by atoms with Crippen LogP contribution in [0.4, 0.5) is 18.9 Å². The van der Waals surface area contributed by atoms with Crippen LogP contribution in [0.25, 0.3) is 0 Å². The summed E-state index contributed by atoms with van der Waals surface area (Å²) in [6.07, 6.45) is 1.97. The molecule has 31 heavy (non-hydrogen) atoms. The van der Waals surface area contributed by atoms with Gasteiger partial charge in [-0.25, -0.2) is 4.39 Å². The number of benzene rings is 2. The van der Waals surface area contributed by atoms with Crippen LogP contribution in [0, 0.1) is 5.82 Å². The molecule has 0 saturated carbocycles. The number of hydrogen-bond donors (Lipinski definition) is 0. The van der Waals surface area contributed by atoms with Crippen LogP contribution >= 0.6 is 11.6 Å². The number of ether oxygens (including phenoxy) is 1. The van der Waals surface area contributed by atoms with E-state index in [-0.39, 0.29) is 28.7 Å². The van der Waals surface area contributed by atoms with E-state index in [9.17, 15) is 18.0 Å². The minimum Gasteiger partial charge on any atom is -1.00 e. The van der Waals surface area contributed by atoms with Gasteiger partial charge < -0.3 is 21.6 Å². The molecule has 4 nitrogen and oxygen atoms in total. The van der Waals surface area contributed by atoms with Crippen molar-refractivity contribution >= 4 is 23.2 Å². The van der Waals surface area contributed by atoms with E-state index >= 15 is 0 Å². The number of nitrogens with zero attached hydrogens (tertiary/aromatic N) is 2. The monoisotopic (exact) mass is 476 g/mol. The van der Waals surface area contributed by atoms with Crippen molar-refractivity contribution in [2.24, 2.45) is 0 Å². The summed E-state index contributed by atoms with van der Waals surface area (Å²) >= 11 is 5.61. The highest BCUT2D eigenvalue weighted by atomic mass is 35.5. The van der Waals surface area contributed by atoms with Crippen molar-refractivity contribution in [1.82, 2.24) is 0 Å². The van der Waals surface area contributed by atoms with Gasteiger partial charge in [-0.05, 0) is 30.3 Å². The lowest BCUT2D eigenvalue weighted by Crippen LogP contribution is -3.00. The molecule has 1 saturated heterocycles. The number of anilines is 1. The first-order chi connectivity index (χ1) is 14.2. The zero-order valence-corrected chi connectivity index (χ0v) is 18.8. The molecule has 1 fully saturated rings. The first-order valence-electron chi connectivity index (χ1n) is 9.75. The highest BCUT2D eigenvalue weighted by Gasteiger charge is 2.31. The van der Waals surface area contributed by atoms with Crippen LogP contribution in [0.15, 0.2) is 42.5 Å². The highest BCUT2D eigenvalue weighted by Crippen LogP contribution is 2.26. The van der Waals surface area contributed by atoms with Gasteiger partial charge in [0.2, 0.25) is 0 Å². The van der Waals surface area contributed by atoms with Gasteiger partial charge in [-0.2, -0.15) is 8.78 Å². The Labute approximate surface area is 191 Å². The normalized spacial score (nSPS) is 14.9. The molecule has 0 aromatic heterocycles. The highest BCUT2D eigenvalue weighted by molar-refractivity contribution is 6.30. The summed E-state index contributed by atoms with van der Waals surface area (Å²) in [5.41, 5.74) is 0.832. The molecule has 0 unspecified atom stereocenters. The van der Waals surface area contributed by atoms with E-state index in [1.807, 2.05) is 0 Å². The number of halogens is 5. The average molecular weight is 477 g/mol. The fourth-order valence-corrected chi connectivity index (χ4v) is 3.95. The maximum Gasteiger partial charge on any atom is 0.321 e. The van der Waals surface area contributed by atoms with Crippen molar-refractivity contribution in [3.63, 3.8) is 0 Å². The van der Waals surface area contributed by atoms with Crippen molar-refractivity contribution in [1.29, 1.82) is 0 Å². The zero-order valence-electron chi connectivity index (χ0n) is 17.3. The van der Waals surface area contributed by atoms with Gasteiger partial charge in [0.1, 0.15) is 12.4 Å². The van der Waals surface area contributed by atoms with Crippen LogP contribution in [0.5, 0.6) is 0 Å². The Balaban J connectivity index is 0.00000341. The van der Waals surface area contributed by atoms with Gasteiger partial charge in [0.15, 0.2) is 0 Å². The van der Waals surface area contributed by atoms with Gasteiger partial charge in [0.05, 0.1) is 38.4 Å². The molecule has 2 aromatic carbocycles. The van der Waals surface area contributed by atoms with E-state index in [2.05, 4.69) is 14.1 Å². The van der Waals surface area contributed by atoms with Crippen LogP contribution in [0.1, 0.15) is 28.8 Å². The Hall–Kier alpha value is -1.80. The minimum absolute atomic E-state index is 0. The molecule has 0 radical (unpaired) electrons. The zero-order chi connectivity index (χ0) is 21.9. The third kappa shape index (κ3) is 6.13. The molecule has 0 aliphatic carbocycles. The number of hydrogen-bond acceptors (Lipinski definition) is 2. The third-order valence-electron chi connectivity index (χ3n) is 5.56. The van der Waals surface area contributed by atoms with E-state index in [1.165, 1.54) is 24.3 Å². The van der Waals surface area contributed by atoms with E-state index in [0.717, 1.165) is 48.7 Å². The number of carbonyl (C=O) groups excluding carboxylic acids is 1. The van der Waals surface area contributed by atoms with Crippen LogP contribution in [-0.2, 0) is 11.3 Å². The number of carbonyl (C=O) groups is 1. The predicted molar refractivity (Wildman–Crippen MR) is 110 cm³/mol. The predicted octanol–water partition coefficient (Wildman–Crippen LogP) is 2.11. The second kappa shape index (κ2) is 10.7. The second-order valence-electron chi connectivity index (χ2n) is 8.03. The van der Waals surface area contributed by atoms with E-state index in [4.69, 9.17) is 16.3 Å². The maximum absolute atomic E-state index is 13.7. The fourth-order valence-electron chi connectivity index (χ4n) is 3.83. The summed E-state index contributed by atoms with van der Waals surface area (Å²) in [5.74, 6) is -1.83. The van der Waals surface area contributed by atoms with E-state index in [1.54, 1.807) is 12.1 Å². The first-order valence-corrected chi connectivity index (χ1v) is 10.1. The Morgan fingerprint density at radius 2 is 1.77 bits per heavy atom.